The number of hydrogen-bond acceptors (Lipinski definition) is 6. The van der Waals surface area contributed by atoms with E-state index in [1.54, 1.807) is 44.4 Å². The third-order valence-corrected chi connectivity index (χ3v) is 3.06. The summed E-state index contributed by atoms with van der Waals surface area (Å²) in [5.41, 5.74) is 0.807. The van der Waals surface area contributed by atoms with E-state index >= 15 is 0 Å². The molecule has 7 nitrogen and oxygen atoms in total. The summed E-state index contributed by atoms with van der Waals surface area (Å²) >= 11 is 0. The van der Waals surface area contributed by atoms with Gasteiger partial charge in [0.05, 0.1) is 13.7 Å². The number of esters is 2. The number of carbonyl (C=O) groups is 3. The fourth-order valence-corrected chi connectivity index (χ4v) is 1.81. The van der Waals surface area contributed by atoms with E-state index in [0.29, 0.717) is 19.6 Å². The molecule has 0 aromatic heterocycles. The molecule has 1 aromatic carbocycles. The molecule has 0 aliphatic heterocycles. The van der Waals surface area contributed by atoms with Gasteiger partial charge in [-0.25, -0.2) is 4.79 Å². The van der Waals surface area contributed by atoms with Gasteiger partial charge in [-0.15, -0.1) is 0 Å². The minimum Gasteiger partial charge on any atom is -0.497 e. The van der Waals surface area contributed by atoms with Gasteiger partial charge in [-0.3, -0.25) is 9.59 Å². The number of methoxy groups -OCH3 is 1. The number of amides is 1. The van der Waals surface area contributed by atoms with Crippen molar-refractivity contribution < 1.29 is 28.6 Å². The quantitative estimate of drug-likeness (QED) is 0.393. The van der Waals surface area contributed by atoms with Gasteiger partial charge in [-0.1, -0.05) is 12.1 Å². The van der Waals surface area contributed by atoms with Crippen molar-refractivity contribution in [3.63, 3.8) is 0 Å². The summed E-state index contributed by atoms with van der Waals surface area (Å²) in [5.74, 6) is -0.612. The normalized spacial score (nSPS) is 10.3. The lowest BCUT2D eigenvalue weighted by molar-refractivity contribution is -0.143. The summed E-state index contributed by atoms with van der Waals surface area (Å²) in [6, 6.07) is 7.13. The molecule has 0 aliphatic carbocycles. The third-order valence-electron chi connectivity index (χ3n) is 3.06. The Morgan fingerprint density at radius 1 is 1.12 bits per heavy atom. The summed E-state index contributed by atoms with van der Waals surface area (Å²) in [6.07, 6.45) is 3.53. The van der Waals surface area contributed by atoms with Crippen molar-refractivity contribution in [1.29, 1.82) is 0 Å². The van der Waals surface area contributed by atoms with Gasteiger partial charge in [-0.2, -0.15) is 0 Å². The SMILES string of the molecule is CCOC(=O)CCCNC(=O)COC(=O)/C=C/c1ccc(OC)cc1. The molecular weight excluding hydrogens is 326 g/mol. The van der Waals surface area contributed by atoms with Crippen LogP contribution in [0.15, 0.2) is 30.3 Å². The molecule has 0 aliphatic rings. The summed E-state index contributed by atoms with van der Waals surface area (Å²) in [5, 5.41) is 2.56. The van der Waals surface area contributed by atoms with Crippen LogP contribution in [0.2, 0.25) is 0 Å². The summed E-state index contributed by atoms with van der Waals surface area (Å²) in [4.78, 5) is 34.2. The summed E-state index contributed by atoms with van der Waals surface area (Å²) in [7, 11) is 1.57. The molecule has 0 atom stereocenters. The number of rotatable bonds is 10. The van der Waals surface area contributed by atoms with E-state index < -0.39 is 11.9 Å². The zero-order chi connectivity index (χ0) is 18.5. The standard InChI is InChI=1S/C18H23NO6/c1-3-24-17(21)5-4-12-19-16(20)13-25-18(22)11-8-14-6-9-15(23-2)10-7-14/h6-11H,3-5,12-13H2,1-2H3,(H,19,20)/b11-8+. The first-order valence-electron chi connectivity index (χ1n) is 7.96. The van der Waals surface area contributed by atoms with E-state index in [0.717, 1.165) is 11.3 Å². The molecule has 7 heteroatoms. The zero-order valence-electron chi connectivity index (χ0n) is 14.4. The molecule has 0 bridgehead atoms. The average molecular weight is 349 g/mol. The van der Waals surface area contributed by atoms with Crippen LogP contribution in [-0.4, -0.2) is 44.7 Å². The van der Waals surface area contributed by atoms with Gasteiger partial charge >= 0.3 is 11.9 Å². The molecule has 1 N–H and O–H groups in total. The summed E-state index contributed by atoms with van der Waals surface area (Å²) < 4.78 is 14.6. The second-order valence-electron chi connectivity index (χ2n) is 4.97. The Bertz CT molecular complexity index is 594. The Balaban J connectivity index is 2.20. The zero-order valence-corrected chi connectivity index (χ0v) is 14.4. The van der Waals surface area contributed by atoms with Crippen LogP contribution in [-0.2, 0) is 23.9 Å². The Morgan fingerprint density at radius 3 is 2.48 bits per heavy atom. The van der Waals surface area contributed by atoms with Gasteiger partial charge < -0.3 is 19.5 Å². The fraction of sp³-hybridized carbons (Fsp3) is 0.389. The Labute approximate surface area is 146 Å². The van der Waals surface area contributed by atoms with Gasteiger partial charge in [0, 0.05) is 19.0 Å². The first kappa shape index (κ1) is 20.2. The maximum atomic E-state index is 11.6. The molecule has 1 rings (SSSR count). The van der Waals surface area contributed by atoms with Crippen LogP contribution in [0.5, 0.6) is 5.75 Å². The van der Waals surface area contributed by atoms with Gasteiger partial charge in [0.25, 0.3) is 5.91 Å². The molecule has 0 saturated carbocycles. The second kappa shape index (κ2) is 11.7. The lowest BCUT2D eigenvalue weighted by Gasteiger charge is -2.05. The van der Waals surface area contributed by atoms with Crippen molar-refractivity contribution in [3.05, 3.63) is 35.9 Å². The second-order valence-corrected chi connectivity index (χ2v) is 4.97. The predicted molar refractivity (Wildman–Crippen MR) is 91.9 cm³/mol. The van der Waals surface area contributed by atoms with Crippen LogP contribution in [0.3, 0.4) is 0 Å². The summed E-state index contributed by atoms with van der Waals surface area (Å²) in [6.45, 7) is 2.02. The van der Waals surface area contributed by atoms with Crippen molar-refractivity contribution in [2.75, 3.05) is 26.9 Å². The van der Waals surface area contributed by atoms with Crippen LogP contribution in [0.25, 0.3) is 6.08 Å². The van der Waals surface area contributed by atoms with Crippen LogP contribution in [0, 0.1) is 0 Å². The molecular formula is C18H23NO6. The minimum atomic E-state index is -0.613. The first-order chi connectivity index (χ1) is 12.0. The maximum Gasteiger partial charge on any atom is 0.331 e. The highest BCUT2D eigenvalue weighted by Crippen LogP contribution is 2.12. The number of ether oxygens (including phenoxy) is 3. The minimum absolute atomic E-state index is 0.235. The monoisotopic (exact) mass is 349 g/mol. The highest BCUT2D eigenvalue weighted by molar-refractivity contribution is 5.89. The van der Waals surface area contributed by atoms with Crippen molar-refractivity contribution in [3.8, 4) is 5.75 Å². The molecule has 0 unspecified atom stereocenters. The number of benzene rings is 1. The molecule has 136 valence electrons. The van der Waals surface area contributed by atoms with E-state index in [1.807, 2.05) is 0 Å². The van der Waals surface area contributed by atoms with Crippen molar-refractivity contribution in [1.82, 2.24) is 5.32 Å². The third kappa shape index (κ3) is 9.14. The first-order valence-corrected chi connectivity index (χ1v) is 7.96. The number of carbonyl (C=O) groups excluding carboxylic acids is 3. The Hall–Kier alpha value is -2.83. The maximum absolute atomic E-state index is 11.6. The molecule has 0 saturated heterocycles. The highest BCUT2D eigenvalue weighted by atomic mass is 16.5. The Kier molecular flexibility index (Phi) is 9.43. The van der Waals surface area contributed by atoms with E-state index in [4.69, 9.17) is 14.2 Å². The number of hydrogen-bond donors (Lipinski definition) is 1. The van der Waals surface area contributed by atoms with E-state index in [9.17, 15) is 14.4 Å². The van der Waals surface area contributed by atoms with Gasteiger partial charge in [-0.05, 0) is 37.1 Å². The highest BCUT2D eigenvalue weighted by Gasteiger charge is 2.06. The van der Waals surface area contributed by atoms with Gasteiger partial charge in [0.2, 0.25) is 0 Å². The van der Waals surface area contributed by atoms with E-state index in [1.165, 1.54) is 6.08 Å². The van der Waals surface area contributed by atoms with Crippen molar-refractivity contribution in [2.45, 2.75) is 19.8 Å². The van der Waals surface area contributed by atoms with Crippen LogP contribution >= 0.6 is 0 Å². The van der Waals surface area contributed by atoms with Gasteiger partial charge in [0.15, 0.2) is 6.61 Å². The average Bonchev–Trinajstić information content (AvgIpc) is 2.62. The van der Waals surface area contributed by atoms with Crippen molar-refractivity contribution in [2.24, 2.45) is 0 Å². The smallest absolute Gasteiger partial charge is 0.331 e. The Morgan fingerprint density at radius 2 is 1.84 bits per heavy atom. The molecule has 1 aromatic rings. The van der Waals surface area contributed by atoms with Crippen molar-refractivity contribution >= 4 is 23.9 Å². The molecule has 25 heavy (non-hydrogen) atoms. The lowest BCUT2D eigenvalue weighted by atomic mass is 10.2. The molecule has 1 amide bonds. The fourth-order valence-electron chi connectivity index (χ4n) is 1.81. The van der Waals surface area contributed by atoms with Gasteiger partial charge in [0.1, 0.15) is 5.75 Å². The largest absolute Gasteiger partial charge is 0.497 e. The van der Waals surface area contributed by atoms with E-state index in [2.05, 4.69) is 5.32 Å². The molecule has 0 fully saturated rings. The van der Waals surface area contributed by atoms with Crippen LogP contribution < -0.4 is 10.1 Å². The van der Waals surface area contributed by atoms with Crippen LogP contribution in [0.4, 0.5) is 0 Å². The molecule has 0 heterocycles. The number of nitrogens with one attached hydrogen (secondary N) is 1. The lowest BCUT2D eigenvalue weighted by Crippen LogP contribution is -2.29. The molecule has 0 radical (unpaired) electrons. The predicted octanol–water partition coefficient (Wildman–Crippen LogP) is 1.71. The molecule has 0 spiro atoms. The van der Waals surface area contributed by atoms with Crippen LogP contribution in [0.1, 0.15) is 25.3 Å². The topological polar surface area (TPSA) is 90.9 Å². The van der Waals surface area contributed by atoms with E-state index in [-0.39, 0.29) is 19.0 Å².